The van der Waals surface area contributed by atoms with Crippen molar-refractivity contribution in [3.8, 4) is 17.1 Å². The summed E-state index contributed by atoms with van der Waals surface area (Å²) in [5.41, 5.74) is 2.12. The van der Waals surface area contributed by atoms with Crippen molar-refractivity contribution in [2.24, 2.45) is 0 Å². The molecule has 47 heavy (non-hydrogen) atoms. The number of carbonyl (C=O) groups excluding carboxylic acids is 5. The second-order valence-corrected chi connectivity index (χ2v) is 8.39. The average Bonchev–Trinajstić information content (AvgIpc) is 3.33. The Labute approximate surface area is 483 Å². The number of nitrogens with zero attached hydrogens (tertiary/aromatic N) is 3. The Morgan fingerprint density at radius 3 is 1.98 bits per heavy atom. The van der Waals surface area contributed by atoms with E-state index < -0.39 is 37.5 Å². The summed E-state index contributed by atoms with van der Waals surface area (Å²) in [6, 6.07) is 9.34. The van der Waals surface area contributed by atoms with Gasteiger partial charge in [-0.1, -0.05) is 12.6 Å². The number of fused-ring (bicyclic) bond motifs is 1. The van der Waals surface area contributed by atoms with Crippen molar-refractivity contribution in [3.63, 3.8) is 0 Å². The zero-order valence-electron chi connectivity index (χ0n) is 26.9. The van der Waals surface area contributed by atoms with Gasteiger partial charge in [0.1, 0.15) is 18.2 Å². The van der Waals surface area contributed by atoms with Gasteiger partial charge in [0.05, 0.1) is 61.7 Å². The van der Waals surface area contributed by atoms with Gasteiger partial charge in [0.2, 0.25) is 0 Å². The molecule has 0 spiro atoms. The molecule has 0 radical (unpaired) electrons. The predicted molar refractivity (Wildman–Crippen MR) is 136 cm³/mol. The van der Waals surface area contributed by atoms with Crippen LogP contribution < -0.4 is 282 Å². The number of hydrogen-bond donors (Lipinski definition) is 1. The van der Waals surface area contributed by atoms with E-state index in [0.717, 1.165) is 4.90 Å². The van der Waals surface area contributed by atoms with Gasteiger partial charge in [-0.25, -0.2) is 11.3 Å². The fourth-order valence-corrected chi connectivity index (χ4v) is 3.78. The number of carboxylic acids is 3. The van der Waals surface area contributed by atoms with E-state index in [-0.39, 0.29) is 312 Å². The normalized spacial score (nSPS) is 9.30. The van der Waals surface area contributed by atoms with Crippen molar-refractivity contribution in [2.45, 2.75) is 0 Å². The second kappa shape index (κ2) is 32.7. The van der Waals surface area contributed by atoms with E-state index in [2.05, 4.69) is 9.97 Å². The predicted octanol–water partition coefficient (Wildman–Crippen LogP) is -18.8. The summed E-state index contributed by atoms with van der Waals surface area (Å²) in [5, 5.41) is 33.3. The van der Waals surface area contributed by atoms with Crippen LogP contribution in [0.5, 0.6) is 5.75 Å². The molecule has 0 atom stereocenters. The molecule has 16 nitrogen and oxygen atoms in total. The molecular formula is C26H25K5N4O12-2. The van der Waals surface area contributed by atoms with Crippen molar-refractivity contribution in [1.82, 2.24) is 14.9 Å². The van der Waals surface area contributed by atoms with Gasteiger partial charge in [-0.05, 0) is 18.2 Å². The van der Waals surface area contributed by atoms with Crippen LogP contribution in [0.1, 0.15) is 5.56 Å². The standard InChI is InChI=1S/C26H26N4O10.5K.2H2O/c31-7-5-29(13-23(33)34)6-8-39-9-10-40-22-12-18(2-4-21(22)30(14-24(35)36)15-25(37)38)26-27-19-3-1-17(16-32)11-20(19)28-26;;;;;;;/h1-4,11-12H,5-6,8-10,13-15H2,(H,27,28)(H,33,34)(H,35,36)(H,37,38);;;;;;2*1H2/q-2;5*+1;;/p-5. The third kappa shape index (κ3) is 21.7. The fraction of sp³-hybridized carbons (Fsp3) is 0.308. The van der Waals surface area contributed by atoms with E-state index in [4.69, 9.17) is 9.47 Å². The molecule has 1 aromatic heterocycles. The van der Waals surface area contributed by atoms with Crippen molar-refractivity contribution >= 4 is 47.2 Å². The topological polar surface area (TPSA) is 268 Å². The number of carbonyl (C=O) groups is 3. The number of imidazole rings is 1. The van der Waals surface area contributed by atoms with Gasteiger partial charge >= 0.3 is 257 Å². The first-order valence-electron chi connectivity index (χ1n) is 11.8. The quantitative estimate of drug-likeness (QED) is 0.0713. The van der Waals surface area contributed by atoms with Crippen LogP contribution in [0.2, 0.25) is 0 Å². The third-order valence-corrected chi connectivity index (χ3v) is 5.49. The summed E-state index contributed by atoms with van der Waals surface area (Å²) in [5.74, 6) is -3.88. The number of anilines is 1. The average molecular weight is 781 g/mol. The van der Waals surface area contributed by atoms with Crippen LogP contribution in [0.15, 0.2) is 36.4 Å². The number of aromatic nitrogens is 2. The number of H-pyrrole nitrogens is 1. The molecule has 0 amide bonds. The summed E-state index contributed by atoms with van der Waals surface area (Å²) in [7, 11) is 0. The maximum Gasteiger partial charge on any atom is 1.00 e. The molecule has 0 fully saturated rings. The van der Waals surface area contributed by atoms with Crippen LogP contribution in [0.4, 0.5) is 5.69 Å². The Morgan fingerprint density at radius 2 is 1.43 bits per heavy atom. The van der Waals surface area contributed by atoms with Crippen LogP contribution in [0.25, 0.3) is 22.4 Å². The molecular weight excluding hydrogens is 756 g/mol. The number of rotatable bonds is 18. The van der Waals surface area contributed by atoms with Gasteiger partial charge in [0.25, 0.3) is 0 Å². The SMILES string of the molecule is O=[C-]CN(CCOCCOc1cc(-c2nc3ccc([C-]=O)cc3[nH]2)ccc1N(CC(=O)[O-])CC(=O)[O-])CC(=O)[O-].[K+].[K+].[K+].[K+].[K+].[OH-].[OH-]. The number of aromatic amines is 1. The number of hydrogen-bond acceptors (Lipinski definition) is 15. The Hall–Kier alpha value is 3.28. The van der Waals surface area contributed by atoms with Crippen molar-refractivity contribution in [2.75, 3.05) is 57.4 Å². The molecule has 3 aromatic rings. The van der Waals surface area contributed by atoms with Gasteiger partial charge in [0, 0.05) is 24.2 Å². The van der Waals surface area contributed by atoms with E-state index >= 15 is 0 Å². The molecule has 0 bridgehead atoms. The minimum Gasteiger partial charge on any atom is -0.870 e. The molecule has 2 aromatic carbocycles. The largest absolute Gasteiger partial charge is 1.00 e. The molecule has 0 aliphatic heterocycles. The van der Waals surface area contributed by atoms with E-state index in [9.17, 15) is 39.3 Å². The molecule has 3 rings (SSSR count). The summed E-state index contributed by atoms with van der Waals surface area (Å²) < 4.78 is 11.2. The monoisotopic (exact) mass is 780 g/mol. The van der Waals surface area contributed by atoms with Crippen LogP contribution in [-0.2, 0) is 28.7 Å². The first-order chi connectivity index (χ1) is 19.2. The fourth-order valence-electron chi connectivity index (χ4n) is 3.78. The summed E-state index contributed by atoms with van der Waals surface area (Å²) >= 11 is 0. The van der Waals surface area contributed by atoms with E-state index in [1.165, 1.54) is 17.0 Å². The van der Waals surface area contributed by atoms with Crippen LogP contribution in [-0.4, -0.2) is 109 Å². The van der Waals surface area contributed by atoms with Crippen LogP contribution in [0.3, 0.4) is 0 Å². The van der Waals surface area contributed by atoms with Gasteiger partial charge in [-0.15, -0.1) is 11.6 Å². The van der Waals surface area contributed by atoms with E-state index in [1.54, 1.807) is 36.8 Å². The molecule has 1 heterocycles. The Balaban J connectivity index is -0.000000840. The Kier molecular flexibility index (Phi) is 41.4. The molecule has 228 valence electrons. The molecule has 21 heteroatoms. The minimum atomic E-state index is -1.52. The molecule has 0 aliphatic rings. The second-order valence-electron chi connectivity index (χ2n) is 8.39. The van der Waals surface area contributed by atoms with Crippen LogP contribution in [0, 0.1) is 0 Å². The van der Waals surface area contributed by atoms with Gasteiger partial charge in [0.15, 0.2) is 0 Å². The maximum absolute atomic E-state index is 11.3. The van der Waals surface area contributed by atoms with Crippen LogP contribution >= 0.6 is 0 Å². The number of aliphatic carboxylic acids is 3. The Bertz CT molecular complexity index is 1380. The summed E-state index contributed by atoms with van der Waals surface area (Å²) in [4.78, 5) is 64.7. The van der Waals surface area contributed by atoms with Crippen molar-refractivity contribution in [1.29, 1.82) is 0 Å². The molecule has 0 unspecified atom stereocenters. The molecule has 3 N–H and O–H groups in total. The zero-order chi connectivity index (χ0) is 29.1. The summed E-state index contributed by atoms with van der Waals surface area (Å²) in [6.45, 7) is -2.06. The van der Waals surface area contributed by atoms with E-state index in [0.29, 0.717) is 28.0 Å². The van der Waals surface area contributed by atoms with E-state index in [1.807, 2.05) is 0 Å². The maximum atomic E-state index is 11.3. The number of nitrogens with one attached hydrogen (secondary N) is 1. The minimum absolute atomic E-state index is 0. The summed E-state index contributed by atoms with van der Waals surface area (Å²) in [6.07, 6.45) is 3.40. The van der Waals surface area contributed by atoms with Crippen molar-refractivity contribution in [3.05, 3.63) is 42.0 Å². The first-order valence-corrected chi connectivity index (χ1v) is 11.8. The first kappa shape index (κ1) is 59.6. The van der Waals surface area contributed by atoms with Crippen molar-refractivity contribution < 1.29 is 317 Å². The molecule has 0 saturated carbocycles. The third-order valence-electron chi connectivity index (χ3n) is 5.49. The number of benzene rings is 2. The molecule has 0 saturated heterocycles. The zero-order valence-corrected chi connectivity index (χ0v) is 42.6. The Morgan fingerprint density at radius 1 is 0.809 bits per heavy atom. The smallest absolute Gasteiger partial charge is 0.870 e. The van der Waals surface area contributed by atoms with Gasteiger partial charge in [-0.2, -0.15) is 6.07 Å². The van der Waals surface area contributed by atoms with Gasteiger partial charge in [-0.3, -0.25) is 0 Å². The number of carboxylic acid groups (broad SMARTS) is 3. The molecule has 0 aliphatic carbocycles. The van der Waals surface area contributed by atoms with Gasteiger partial charge < -0.3 is 74.5 Å². The number of ether oxygens (including phenoxy) is 2.